The van der Waals surface area contributed by atoms with E-state index in [1.54, 1.807) is 0 Å². The lowest BCUT2D eigenvalue weighted by atomic mass is 9.83. The molecule has 0 aromatic heterocycles. The summed E-state index contributed by atoms with van der Waals surface area (Å²) in [7, 11) is 0. The van der Waals surface area contributed by atoms with Crippen molar-refractivity contribution < 1.29 is 79.1 Å². The Labute approximate surface area is 740 Å². The van der Waals surface area contributed by atoms with Gasteiger partial charge < -0.3 is 30.6 Å². The van der Waals surface area contributed by atoms with Crippen LogP contribution in [0.2, 0.25) is 0 Å². The molecule has 0 amide bonds. The number of nitrogens with zero attached hydrogens (tertiary/aromatic N) is 4. The number of aliphatic carboxylic acids is 6. The van der Waals surface area contributed by atoms with Gasteiger partial charge in [-0.15, -0.1) is 0 Å². The van der Waals surface area contributed by atoms with Gasteiger partial charge in [0.1, 0.15) is 0 Å². The number of allylic oxidation sites excluding steroid dienone is 16. The van der Waals surface area contributed by atoms with Crippen LogP contribution >= 0.6 is 0 Å². The molecule has 0 aliphatic heterocycles. The van der Waals surface area contributed by atoms with E-state index in [4.69, 9.17) is 30.6 Å². The lowest BCUT2D eigenvalue weighted by molar-refractivity contribution is -0.574. The van der Waals surface area contributed by atoms with Crippen molar-refractivity contribution in [1.29, 1.82) is 0 Å². The van der Waals surface area contributed by atoms with E-state index in [0.29, 0.717) is 38.5 Å². The molecule has 0 fully saturated rings. The smallest absolute Gasteiger partial charge is 0.303 e. The molecule has 24 heteroatoms. The summed E-state index contributed by atoms with van der Waals surface area (Å²) in [5.41, 5.74) is -2.92. The lowest BCUT2D eigenvalue weighted by Gasteiger charge is -2.24. The third-order valence-electron chi connectivity index (χ3n) is 20.3. The molecule has 0 rings (SSSR count). The molecule has 0 saturated carbocycles. The quantitative estimate of drug-likeness (QED) is 0.0143. The van der Waals surface area contributed by atoms with E-state index >= 15 is 0 Å². The third-order valence-corrected chi connectivity index (χ3v) is 20.3. The molecule has 122 heavy (non-hydrogen) atoms. The van der Waals surface area contributed by atoms with Crippen molar-refractivity contribution in [1.82, 2.24) is 0 Å². The molecule has 2 unspecified atom stereocenters. The molecular weight excluding hydrogens is 1550 g/mol. The Morgan fingerprint density at radius 3 is 0.713 bits per heavy atom. The van der Waals surface area contributed by atoms with Crippen molar-refractivity contribution in [3.63, 3.8) is 0 Å². The fraction of sp³-hybridized carbons (Fsp3) is 0.776. The van der Waals surface area contributed by atoms with E-state index in [2.05, 4.69) is 118 Å². The highest BCUT2D eigenvalue weighted by molar-refractivity contribution is 5.68. The first kappa shape index (κ1) is 130. The Balaban J connectivity index is -0.000000212. The van der Waals surface area contributed by atoms with Crippen LogP contribution in [0.3, 0.4) is 0 Å². The van der Waals surface area contributed by atoms with Crippen LogP contribution in [-0.2, 0) is 28.8 Å². The number of carboxylic acid groups (broad SMARTS) is 6. The van der Waals surface area contributed by atoms with Gasteiger partial charge in [0, 0.05) is 83.9 Å². The lowest BCUT2D eigenvalue weighted by Crippen LogP contribution is -2.39. The third kappa shape index (κ3) is 110. The second-order valence-corrected chi connectivity index (χ2v) is 31.5. The van der Waals surface area contributed by atoms with E-state index in [9.17, 15) is 69.2 Å². The molecule has 712 valence electrons. The number of carboxylic acids is 6. The second kappa shape index (κ2) is 106. The Kier molecular flexibility index (Phi) is 113. The molecule has 0 aliphatic rings. The molecule has 2 atom stereocenters. The zero-order valence-electron chi connectivity index (χ0n) is 79.0. The van der Waals surface area contributed by atoms with Gasteiger partial charge >= 0.3 is 35.8 Å². The molecule has 0 heterocycles. The van der Waals surface area contributed by atoms with Crippen LogP contribution < -0.4 is 0 Å². The monoisotopic (exact) mass is 1730 g/mol. The normalized spacial score (nSPS) is 11.8. The van der Waals surface area contributed by atoms with Crippen molar-refractivity contribution in [3.05, 3.63) is 138 Å². The Morgan fingerprint density at radius 1 is 0.246 bits per heavy atom. The minimum absolute atomic E-state index is 0.108. The molecule has 24 nitrogen and oxygen atoms in total. The van der Waals surface area contributed by atoms with Crippen molar-refractivity contribution in [2.24, 2.45) is 0 Å². The van der Waals surface area contributed by atoms with Crippen molar-refractivity contribution in [2.75, 3.05) is 0 Å². The van der Waals surface area contributed by atoms with Gasteiger partial charge in [-0.05, 0) is 118 Å². The summed E-state index contributed by atoms with van der Waals surface area (Å²) in [6.45, 7) is 25.9. The van der Waals surface area contributed by atoms with Crippen LogP contribution in [0.4, 0.5) is 0 Å². The summed E-state index contributed by atoms with van der Waals surface area (Å²) in [5.74, 6) is -6.35. The van der Waals surface area contributed by atoms with Gasteiger partial charge in [-0.2, -0.15) is 0 Å². The maximum Gasteiger partial charge on any atom is 0.303 e. The highest BCUT2D eigenvalue weighted by atomic mass is 16.6. The van der Waals surface area contributed by atoms with E-state index < -0.39 is 68.8 Å². The van der Waals surface area contributed by atoms with Crippen LogP contribution in [0.5, 0.6) is 0 Å². The second-order valence-electron chi connectivity index (χ2n) is 31.5. The van der Waals surface area contributed by atoms with Gasteiger partial charge in [0.25, 0.3) is 0 Å². The summed E-state index contributed by atoms with van der Waals surface area (Å²) in [5, 5.41) is 96.9. The van der Waals surface area contributed by atoms with Crippen molar-refractivity contribution in [2.45, 2.75) is 491 Å². The summed E-state index contributed by atoms with van der Waals surface area (Å²) < 4.78 is 0. The van der Waals surface area contributed by atoms with E-state index in [-0.39, 0.29) is 99.7 Å². The molecule has 6 N–H and O–H groups in total. The molecule has 0 aliphatic carbocycles. The van der Waals surface area contributed by atoms with Gasteiger partial charge in [0.05, 0.1) is 38.5 Å². The fourth-order valence-corrected chi connectivity index (χ4v) is 12.5. The maximum absolute atomic E-state index is 11.5. The highest BCUT2D eigenvalue weighted by Gasteiger charge is 2.43. The number of nitro groups is 4. The van der Waals surface area contributed by atoms with E-state index in [1.807, 2.05) is 62.5 Å². The van der Waals surface area contributed by atoms with Crippen molar-refractivity contribution in [3.8, 4) is 0 Å². The van der Waals surface area contributed by atoms with Crippen LogP contribution in [0.15, 0.2) is 97.2 Å². The first-order chi connectivity index (χ1) is 58.5. The summed E-state index contributed by atoms with van der Waals surface area (Å²) in [6, 6.07) is -1.42. The minimum Gasteiger partial charge on any atom is -0.481 e. The van der Waals surface area contributed by atoms with Gasteiger partial charge in [-0.3, -0.25) is 69.2 Å². The largest absolute Gasteiger partial charge is 0.481 e. The number of hydrogen-bond acceptors (Lipinski definition) is 14. The van der Waals surface area contributed by atoms with Crippen molar-refractivity contribution >= 4 is 35.8 Å². The number of unbranched alkanes of at least 4 members (excludes halogenated alkanes) is 32. The van der Waals surface area contributed by atoms with Crippen LogP contribution in [0.25, 0.3) is 0 Å². The zero-order chi connectivity index (χ0) is 93.7. The Bertz CT molecular complexity index is 2610. The predicted octanol–water partition coefficient (Wildman–Crippen LogP) is 29.8. The summed E-state index contributed by atoms with van der Waals surface area (Å²) in [6.07, 6.45) is 84.1. The molecule has 0 spiro atoms. The SMILES string of the molecule is C/C=C\C/C=C\C/C=C\CCCC(CCC(=O)O)(CCC(=O)O)[N+](=O)[O-].C/C=C\C/C=C\C/C=C\CCCC(CCC(=O)O)[N+](=O)[O-].C/C=C\CCCCC.C/C=C\CCCCC.CCCCCCCC.CCCCCCCC.CCCCCCCCCCC(CCC(=O)O)(CCC(=O)O)[N+](=O)[O-].CCCCCCCCCCC(CCC(=O)O)[N+](=O)[O-]. The van der Waals surface area contributed by atoms with Crippen LogP contribution in [0.1, 0.15) is 468 Å². The first-order valence-electron chi connectivity index (χ1n) is 47.4. The van der Waals surface area contributed by atoms with Gasteiger partial charge in [-0.1, -0.05) is 345 Å². The van der Waals surface area contributed by atoms with Crippen LogP contribution in [-0.4, -0.2) is 109 Å². The summed E-state index contributed by atoms with van der Waals surface area (Å²) in [4.78, 5) is 107. The average Bonchev–Trinajstić information content (AvgIpc) is 0.848. The predicted molar refractivity (Wildman–Crippen MR) is 505 cm³/mol. The van der Waals surface area contributed by atoms with Gasteiger partial charge in [0.2, 0.25) is 23.2 Å². The maximum atomic E-state index is 11.5. The topological polar surface area (TPSA) is 396 Å². The van der Waals surface area contributed by atoms with E-state index in [1.165, 1.54) is 186 Å². The molecule has 0 aromatic rings. The van der Waals surface area contributed by atoms with Gasteiger partial charge in [0.15, 0.2) is 0 Å². The van der Waals surface area contributed by atoms with E-state index in [0.717, 1.165) is 70.6 Å². The number of rotatable bonds is 74. The minimum atomic E-state index is -1.49. The van der Waals surface area contributed by atoms with Crippen LogP contribution in [0, 0.1) is 40.5 Å². The molecule has 0 saturated heterocycles. The molecule has 0 bridgehead atoms. The fourth-order valence-electron chi connectivity index (χ4n) is 12.5. The zero-order valence-corrected chi connectivity index (χ0v) is 79.0. The average molecular weight is 1730 g/mol. The number of carbonyl (C=O) groups is 6. The number of hydrogen-bond donors (Lipinski definition) is 6. The highest BCUT2D eigenvalue weighted by Crippen LogP contribution is 2.32. The van der Waals surface area contributed by atoms with Gasteiger partial charge in [-0.25, -0.2) is 0 Å². The Hall–Kier alpha value is -7.66. The first-order valence-corrected chi connectivity index (χ1v) is 47.4. The Morgan fingerprint density at radius 2 is 0.459 bits per heavy atom. The molecule has 0 radical (unpaired) electrons. The molecular formula is C98H180N4O20. The molecule has 0 aromatic carbocycles. The standard InChI is InChI=1S/C19H29NO6.C17H31NO6.C16H25NO4.C14H27NO4.2C8H18.2C8H16/c1-2-3-4-5-6-7-8-9-10-11-14-19(20(25)26,15-12-17(21)22)16-13-18(23)24;1-2-3-4-5-6-7-8-9-12-17(18(23)24,13-10-15(19)20)14-11-16(21)22;1-2-3-4-5-6-7-8-9-10-11-12-15(17(20)21)13-14-16(18)19;1-2-3-4-5-6-7-8-9-10-13(15(18)19)11-12-14(16)17;4*1-3-5-7-8-6-4-2/h2-3,5-6,8-9H,4,7,10-16H2,1H3,(H,21,22)(H,23,24);2-14H2,1H3,(H,19,20)(H,21,22);2-3,5-6,8-9,15H,4,7,10-14H2,1H3,(H,18,19);13H,2-12H2,1H3,(H,16,17);2*3-8H2,1-2H3;2*3,5H,4,6-8H2,1-2H3/b3-2-,6-5-,9-8-;;3-2-,6-5-,9-8-;;;;2*5-3-. The summed E-state index contributed by atoms with van der Waals surface area (Å²) >= 11 is 0.